The predicted molar refractivity (Wildman–Crippen MR) is 72.9 cm³/mol. The maximum atomic E-state index is 12.2. The normalized spacial score (nSPS) is 22.0. The fraction of sp³-hybridized carbons (Fsp3) is 0.500. The van der Waals surface area contributed by atoms with E-state index in [0.29, 0.717) is 17.7 Å². The van der Waals surface area contributed by atoms with Crippen LogP contribution in [0, 0.1) is 5.92 Å². The van der Waals surface area contributed by atoms with Crippen LogP contribution in [-0.2, 0) is 14.8 Å². The second-order valence-electron chi connectivity index (χ2n) is 4.46. The zero-order chi connectivity index (χ0) is 13.2. The van der Waals surface area contributed by atoms with Crippen LogP contribution < -0.4 is 4.72 Å². The first-order chi connectivity index (χ1) is 8.50. The van der Waals surface area contributed by atoms with Gasteiger partial charge < -0.3 is 4.74 Å². The van der Waals surface area contributed by atoms with E-state index in [2.05, 4.69) is 20.7 Å². The van der Waals surface area contributed by atoms with Gasteiger partial charge in [0.15, 0.2) is 0 Å². The summed E-state index contributed by atoms with van der Waals surface area (Å²) >= 11 is 3.26. The van der Waals surface area contributed by atoms with E-state index in [1.807, 2.05) is 6.92 Å². The second kappa shape index (κ2) is 5.69. The van der Waals surface area contributed by atoms with E-state index in [-0.39, 0.29) is 16.9 Å². The summed E-state index contributed by atoms with van der Waals surface area (Å²) in [4.78, 5) is 0.274. The van der Waals surface area contributed by atoms with E-state index in [9.17, 15) is 8.42 Å². The summed E-state index contributed by atoms with van der Waals surface area (Å²) in [6, 6.07) is 6.69. The minimum Gasteiger partial charge on any atom is -0.381 e. The lowest BCUT2D eigenvalue weighted by Crippen LogP contribution is -2.38. The predicted octanol–water partition coefficient (Wildman–Crippen LogP) is 2.15. The number of hydrogen-bond acceptors (Lipinski definition) is 3. The Balaban J connectivity index is 2.14. The van der Waals surface area contributed by atoms with Crippen molar-refractivity contribution in [3.05, 3.63) is 28.7 Å². The Morgan fingerprint density at radius 3 is 2.78 bits per heavy atom. The number of nitrogens with one attached hydrogen (secondary N) is 1. The highest BCUT2D eigenvalue weighted by atomic mass is 79.9. The summed E-state index contributed by atoms with van der Waals surface area (Å²) in [6.07, 6.45) is 0.902. The third kappa shape index (κ3) is 3.12. The van der Waals surface area contributed by atoms with Gasteiger partial charge >= 0.3 is 0 Å². The number of halogens is 1. The van der Waals surface area contributed by atoms with Gasteiger partial charge in [-0.05, 0) is 41.4 Å². The quantitative estimate of drug-likeness (QED) is 0.918. The number of ether oxygens (including phenoxy) is 1. The van der Waals surface area contributed by atoms with Crippen molar-refractivity contribution in [1.29, 1.82) is 0 Å². The van der Waals surface area contributed by atoms with E-state index >= 15 is 0 Å². The number of hydrogen-bond donors (Lipinski definition) is 1. The van der Waals surface area contributed by atoms with Crippen molar-refractivity contribution in [3.8, 4) is 0 Å². The molecule has 4 nitrogen and oxygen atoms in total. The van der Waals surface area contributed by atoms with Crippen molar-refractivity contribution >= 4 is 26.0 Å². The van der Waals surface area contributed by atoms with Crippen LogP contribution >= 0.6 is 15.9 Å². The van der Waals surface area contributed by atoms with E-state index in [1.165, 1.54) is 0 Å². The first-order valence-electron chi connectivity index (χ1n) is 5.85. The van der Waals surface area contributed by atoms with Gasteiger partial charge in [0.1, 0.15) is 0 Å². The molecule has 0 amide bonds. The average molecular weight is 334 g/mol. The molecule has 0 aliphatic carbocycles. The number of sulfonamides is 1. The minimum atomic E-state index is -3.48. The average Bonchev–Trinajstić information content (AvgIpc) is 2.82. The van der Waals surface area contributed by atoms with Gasteiger partial charge in [0, 0.05) is 23.0 Å². The van der Waals surface area contributed by atoms with E-state index < -0.39 is 10.0 Å². The Labute approximate surface area is 116 Å². The molecule has 1 fully saturated rings. The molecule has 1 aromatic carbocycles. The van der Waals surface area contributed by atoms with Gasteiger partial charge in [-0.25, -0.2) is 13.1 Å². The fourth-order valence-corrected chi connectivity index (χ4v) is 4.33. The largest absolute Gasteiger partial charge is 0.381 e. The van der Waals surface area contributed by atoms with Crippen LogP contribution in [0.15, 0.2) is 33.6 Å². The van der Waals surface area contributed by atoms with Crippen molar-refractivity contribution in [2.75, 3.05) is 13.2 Å². The monoisotopic (exact) mass is 333 g/mol. The van der Waals surface area contributed by atoms with Crippen LogP contribution in [0.4, 0.5) is 0 Å². The molecular weight excluding hydrogens is 318 g/mol. The SMILES string of the molecule is CC(NS(=O)(=O)c1ccccc1Br)C1CCOC1. The van der Waals surface area contributed by atoms with E-state index in [4.69, 9.17) is 4.74 Å². The van der Waals surface area contributed by atoms with Gasteiger partial charge in [-0.15, -0.1) is 0 Å². The molecule has 2 atom stereocenters. The van der Waals surface area contributed by atoms with Crippen molar-refractivity contribution in [2.24, 2.45) is 5.92 Å². The lowest BCUT2D eigenvalue weighted by Gasteiger charge is -2.19. The highest BCUT2D eigenvalue weighted by Gasteiger charge is 2.27. The molecule has 1 aliphatic heterocycles. The van der Waals surface area contributed by atoms with Crippen LogP contribution in [0.25, 0.3) is 0 Å². The zero-order valence-corrected chi connectivity index (χ0v) is 12.5. The van der Waals surface area contributed by atoms with Gasteiger partial charge in [0.05, 0.1) is 11.5 Å². The second-order valence-corrected chi connectivity index (χ2v) is 7.00. The highest BCUT2D eigenvalue weighted by molar-refractivity contribution is 9.10. The first-order valence-corrected chi connectivity index (χ1v) is 8.13. The molecule has 2 rings (SSSR count). The van der Waals surface area contributed by atoms with Gasteiger partial charge in [-0.1, -0.05) is 12.1 Å². The Bertz CT molecular complexity index is 512. The smallest absolute Gasteiger partial charge is 0.241 e. The first kappa shape index (κ1) is 14.0. The molecule has 1 N–H and O–H groups in total. The van der Waals surface area contributed by atoms with Crippen LogP contribution in [-0.4, -0.2) is 27.7 Å². The highest BCUT2D eigenvalue weighted by Crippen LogP contribution is 2.23. The molecule has 1 aromatic rings. The van der Waals surface area contributed by atoms with Crippen LogP contribution in [0.3, 0.4) is 0 Å². The molecule has 1 saturated heterocycles. The summed E-state index contributed by atoms with van der Waals surface area (Å²) in [5, 5.41) is 0. The Kier molecular flexibility index (Phi) is 4.42. The molecule has 2 unspecified atom stereocenters. The molecule has 18 heavy (non-hydrogen) atoms. The molecule has 6 heteroatoms. The summed E-state index contributed by atoms with van der Waals surface area (Å²) in [5.74, 6) is 0.252. The van der Waals surface area contributed by atoms with Crippen molar-refractivity contribution in [2.45, 2.75) is 24.3 Å². The summed E-state index contributed by atoms with van der Waals surface area (Å²) in [7, 11) is -3.48. The summed E-state index contributed by atoms with van der Waals surface area (Å²) in [6.45, 7) is 3.22. The summed E-state index contributed by atoms with van der Waals surface area (Å²) < 4.78 is 33.0. The molecule has 0 aromatic heterocycles. The maximum Gasteiger partial charge on any atom is 0.241 e. The van der Waals surface area contributed by atoms with Gasteiger partial charge in [-0.2, -0.15) is 0 Å². The number of rotatable bonds is 4. The fourth-order valence-electron chi connectivity index (χ4n) is 2.01. The van der Waals surface area contributed by atoms with Gasteiger partial charge in [0.2, 0.25) is 10.0 Å². The molecule has 0 saturated carbocycles. The molecular formula is C12H16BrNO3S. The van der Waals surface area contributed by atoms with Gasteiger partial charge in [-0.3, -0.25) is 0 Å². The van der Waals surface area contributed by atoms with Crippen LogP contribution in [0.1, 0.15) is 13.3 Å². The molecule has 1 aliphatic rings. The maximum absolute atomic E-state index is 12.2. The Morgan fingerprint density at radius 1 is 1.44 bits per heavy atom. The Morgan fingerprint density at radius 2 is 2.17 bits per heavy atom. The molecule has 0 bridgehead atoms. The molecule has 100 valence electrons. The standard InChI is InChI=1S/C12H16BrNO3S/c1-9(10-6-7-17-8-10)14-18(15,16)12-5-3-2-4-11(12)13/h2-5,9-10,14H,6-8H2,1H3. The van der Waals surface area contributed by atoms with Crippen LogP contribution in [0.5, 0.6) is 0 Å². The van der Waals surface area contributed by atoms with Gasteiger partial charge in [0.25, 0.3) is 0 Å². The summed E-state index contributed by atoms with van der Waals surface area (Å²) in [5.41, 5.74) is 0. The topological polar surface area (TPSA) is 55.4 Å². The zero-order valence-electron chi connectivity index (χ0n) is 10.1. The van der Waals surface area contributed by atoms with E-state index in [1.54, 1.807) is 24.3 Å². The van der Waals surface area contributed by atoms with Crippen molar-refractivity contribution < 1.29 is 13.2 Å². The number of benzene rings is 1. The molecule has 0 radical (unpaired) electrons. The van der Waals surface area contributed by atoms with Crippen LogP contribution in [0.2, 0.25) is 0 Å². The van der Waals surface area contributed by atoms with E-state index in [0.717, 1.165) is 6.42 Å². The van der Waals surface area contributed by atoms with Crippen molar-refractivity contribution in [3.63, 3.8) is 0 Å². The molecule has 0 spiro atoms. The minimum absolute atomic E-state index is 0.121. The molecule has 1 heterocycles. The van der Waals surface area contributed by atoms with Crippen molar-refractivity contribution in [1.82, 2.24) is 4.72 Å². The lowest BCUT2D eigenvalue weighted by atomic mass is 10.0. The lowest BCUT2D eigenvalue weighted by molar-refractivity contribution is 0.180. The Hall–Kier alpha value is -0.430. The third-order valence-electron chi connectivity index (χ3n) is 3.14. The third-order valence-corrected chi connectivity index (χ3v) is 5.71.